The molecule has 15 heavy (non-hydrogen) atoms. The number of carbonyl (C=O) groups is 1. The smallest absolute Gasteiger partial charge is 0.234 e. The molecule has 0 atom stereocenters. The summed E-state index contributed by atoms with van der Waals surface area (Å²) in [5.41, 5.74) is 1.36. The molecule has 0 aliphatic carbocycles. The van der Waals surface area contributed by atoms with Crippen LogP contribution in [0.15, 0.2) is 17.0 Å². The van der Waals surface area contributed by atoms with Crippen molar-refractivity contribution in [3.8, 4) is 5.75 Å². The third kappa shape index (κ3) is 2.08. The molecule has 0 radical (unpaired) electrons. The van der Waals surface area contributed by atoms with Crippen LogP contribution < -0.4 is 5.32 Å². The molecule has 1 aliphatic heterocycles. The van der Waals surface area contributed by atoms with E-state index in [9.17, 15) is 9.90 Å². The van der Waals surface area contributed by atoms with Crippen molar-refractivity contribution in [2.75, 3.05) is 17.7 Å². The van der Waals surface area contributed by atoms with Gasteiger partial charge in [-0.3, -0.25) is 4.79 Å². The number of aliphatic hydroxyl groups is 1. The van der Waals surface area contributed by atoms with Crippen molar-refractivity contribution in [2.24, 2.45) is 0 Å². The molecule has 1 heterocycles. The summed E-state index contributed by atoms with van der Waals surface area (Å²) < 4.78 is 0. The summed E-state index contributed by atoms with van der Waals surface area (Å²) >= 11 is 1.40. The molecular formula is C10H11NO3S. The maximum Gasteiger partial charge on any atom is 0.234 e. The molecule has 80 valence electrons. The Balaban J connectivity index is 2.38. The Morgan fingerprint density at radius 1 is 1.47 bits per heavy atom. The van der Waals surface area contributed by atoms with E-state index < -0.39 is 0 Å². The zero-order chi connectivity index (χ0) is 10.8. The molecule has 0 bridgehead atoms. The molecule has 0 spiro atoms. The van der Waals surface area contributed by atoms with E-state index in [-0.39, 0.29) is 18.3 Å². The van der Waals surface area contributed by atoms with E-state index >= 15 is 0 Å². The predicted octanol–water partition coefficient (Wildman–Crippen LogP) is 0.971. The Kier molecular flexibility index (Phi) is 2.83. The second-order valence-electron chi connectivity index (χ2n) is 3.30. The Labute approximate surface area is 91.3 Å². The van der Waals surface area contributed by atoms with Crippen LogP contribution in [0.25, 0.3) is 0 Å². The van der Waals surface area contributed by atoms with Gasteiger partial charge in [0.25, 0.3) is 0 Å². The van der Waals surface area contributed by atoms with Gasteiger partial charge in [0.1, 0.15) is 5.75 Å². The number of phenols is 1. The number of benzene rings is 1. The van der Waals surface area contributed by atoms with Crippen LogP contribution in [0.1, 0.15) is 5.56 Å². The van der Waals surface area contributed by atoms with Crippen LogP contribution in [-0.4, -0.2) is 28.5 Å². The number of aromatic hydroxyl groups is 1. The minimum atomic E-state index is -0.0993. The van der Waals surface area contributed by atoms with Gasteiger partial charge >= 0.3 is 0 Å². The number of amides is 1. The van der Waals surface area contributed by atoms with E-state index in [1.165, 1.54) is 11.8 Å². The van der Waals surface area contributed by atoms with Crippen molar-refractivity contribution in [1.29, 1.82) is 0 Å². The summed E-state index contributed by atoms with van der Waals surface area (Å²) in [6.07, 6.45) is 0.509. The zero-order valence-electron chi connectivity index (χ0n) is 7.99. The van der Waals surface area contributed by atoms with Crippen molar-refractivity contribution in [3.63, 3.8) is 0 Å². The van der Waals surface area contributed by atoms with Gasteiger partial charge in [-0.05, 0) is 24.1 Å². The number of fused-ring (bicyclic) bond motifs is 1. The first kappa shape index (κ1) is 10.3. The summed E-state index contributed by atoms with van der Waals surface area (Å²) in [4.78, 5) is 12.0. The lowest BCUT2D eigenvalue weighted by molar-refractivity contribution is -0.113. The molecule has 5 heteroatoms. The molecule has 2 rings (SSSR count). The second kappa shape index (κ2) is 4.12. The van der Waals surface area contributed by atoms with E-state index in [0.717, 1.165) is 10.5 Å². The van der Waals surface area contributed by atoms with E-state index in [0.29, 0.717) is 17.9 Å². The van der Waals surface area contributed by atoms with E-state index in [1.54, 1.807) is 6.07 Å². The summed E-state index contributed by atoms with van der Waals surface area (Å²) in [5, 5.41) is 21.1. The highest BCUT2D eigenvalue weighted by atomic mass is 32.2. The fourth-order valence-corrected chi connectivity index (χ4v) is 2.38. The van der Waals surface area contributed by atoms with E-state index in [1.807, 2.05) is 6.07 Å². The summed E-state index contributed by atoms with van der Waals surface area (Å²) in [6, 6.07) is 3.45. The average molecular weight is 225 g/mol. The monoisotopic (exact) mass is 225 g/mol. The van der Waals surface area contributed by atoms with Crippen molar-refractivity contribution in [1.82, 2.24) is 0 Å². The number of nitrogens with one attached hydrogen (secondary N) is 1. The topological polar surface area (TPSA) is 69.6 Å². The van der Waals surface area contributed by atoms with Crippen molar-refractivity contribution < 1.29 is 15.0 Å². The number of hydrogen-bond donors (Lipinski definition) is 3. The maximum atomic E-state index is 11.1. The van der Waals surface area contributed by atoms with Gasteiger partial charge in [0.15, 0.2) is 0 Å². The lowest BCUT2D eigenvalue weighted by Gasteiger charge is -2.18. The standard InChI is InChI=1S/C10H11NO3S/c12-2-1-6-3-7(13)10-8(4-6)15-5-9(14)11-10/h3-4,12-13H,1-2,5H2,(H,11,14). The fourth-order valence-electron chi connectivity index (χ4n) is 1.49. The first-order valence-electron chi connectivity index (χ1n) is 4.60. The largest absolute Gasteiger partial charge is 0.506 e. The van der Waals surface area contributed by atoms with E-state index in [2.05, 4.69) is 5.32 Å². The SMILES string of the molecule is O=C1CSc2cc(CCO)cc(O)c2N1. The van der Waals surface area contributed by atoms with Gasteiger partial charge in [0.2, 0.25) is 5.91 Å². The summed E-state index contributed by atoms with van der Waals surface area (Å²) in [5.74, 6) is 0.337. The van der Waals surface area contributed by atoms with Gasteiger partial charge in [0, 0.05) is 11.5 Å². The van der Waals surface area contributed by atoms with Crippen LogP contribution in [0, 0.1) is 0 Å². The number of hydrogen-bond acceptors (Lipinski definition) is 4. The first-order chi connectivity index (χ1) is 7.20. The van der Waals surface area contributed by atoms with Crippen LogP contribution >= 0.6 is 11.8 Å². The fraction of sp³-hybridized carbons (Fsp3) is 0.300. The van der Waals surface area contributed by atoms with Gasteiger partial charge < -0.3 is 15.5 Å². The highest BCUT2D eigenvalue weighted by Crippen LogP contribution is 2.38. The van der Waals surface area contributed by atoms with Crippen molar-refractivity contribution >= 4 is 23.4 Å². The lowest BCUT2D eigenvalue weighted by atomic mass is 10.1. The minimum Gasteiger partial charge on any atom is -0.506 e. The van der Waals surface area contributed by atoms with Gasteiger partial charge in [-0.1, -0.05) is 0 Å². The molecule has 0 saturated carbocycles. The third-order valence-corrected chi connectivity index (χ3v) is 3.20. The highest BCUT2D eigenvalue weighted by molar-refractivity contribution is 8.00. The number of anilines is 1. The zero-order valence-corrected chi connectivity index (χ0v) is 8.80. The van der Waals surface area contributed by atoms with E-state index in [4.69, 9.17) is 5.11 Å². The Bertz CT molecular complexity index is 406. The number of rotatable bonds is 2. The number of carbonyl (C=O) groups excluding carboxylic acids is 1. The van der Waals surface area contributed by atoms with Crippen molar-refractivity contribution in [2.45, 2.75) is 11.3 Å². The number of thioether (sulfide) groups is 1. The Morgan fingerprint density at radius 3 is 3.00 bits per heavy atom. The number of phenolic OH excluding ortho intramolecular Hbond substituents is 1. The average Bonchev–Trinajstić information content (AvgIpc) is 2.20. The van der Waals surface area contributed by atoms with Gasteiger partial charge in [-0.2, -0.15) is 0 Å². The lowest BCUT2D eigenvalue weighted by Crippen LogP contribution is -2.18. The van der Waals surface area contributed by atoms with Crippen molar-refractivity contribution in [3.05, 3.63) is 17.7 Å². The van der Waals surface area contributed by atoms with Crippen LogP contribution in [0.3, 0.4) is 0 Å². The molecule has 0 saturated heterocycles. The Hall–Kier alpha value is -1.20. The van der Waals surface area contributed by atoms with Gasteiger partial charge in [-0.15, -0.1) is 11.8 Å². The normalized spacial score (nSPS) is 14.6. The Morgan fingerprint density at radius 2 is 2.27 bits per heavy atom. The first-order valence-corrected chi connectivity index (χ1v) is 5.58. The number of aliphatic hydroxyl groups excluding tert-OH is 1. The van der Waals surface area contributed by atoms with Gasteiger partial charge in [0.05, 0.1) is 11.4 Å². The molecule has 0 unspecified atom stereocenters. The molecular weight excluding hydrogens is 214 g/mol. The second-order valence-corrected chi connectivity index (χ2v) is 4.32. The van der Waals surface area contributed by atoms with Gasteiger partial charge in [-0.25, -0.2) is 0 Å². The molecule has 3 N–H and O–H groups in total. The quantitative estimate of drug-likeness (QED) is 0.656. The van der Waals surface area contributed by atoms with Crippen LogP contribution in [0.4, 0.5) is 5.69 Å². The summed E-state index contributed by atoms with van der Waals surface area (Å²) in [6.45, 7) is 0.0508. The predicted molar refractivity (Wildman–Crippen MR) is 58.3 cm³/mol. The summed E-state index contributed by atoms with van der Waals surface area (Å²) in [7, 11) is 0. The third-order valence-electron chi connectivity index (χ3n) is 2.16. The molecule has 1 aromatic rings. The molecule has 1 aromatic carbocycles. The molecule has 1 amide bonds. The maximum absolute atomic E-state index is 11.1. The highest BCUT2D eigenvalue weighted by Gasteiger charge is 2.19. The van der Waals surface area contributed by atoms with Crippen LogP contribution in [0.2, 0.25) is 0 Å². The minimum absolute atomic E-state index is 0.0508. The van der Waals surface area contributed by atoms with Crippen LogP contribution in [-0.2, 0) is 11.2 Å². The molecule has 1 aliphatic rings. The van der Waals surface area contributed by atoms with Crippen LogP contribution in [0.5, 0.6) is 5.75 Å². The molecule has 0 fully saturated rings. The molecule has 0 aromatic heterocycles. The molecule has 4 nitrogen and oxygen atoms in total.